The Morgan fingerprint density at radius 1 is 1.07 bits per heavy atom. The fourth-order valence-corrected chi connectivity index (χ4v) is 4.14. The average molecular weight is 399 g/mol. The summed E-state index contributed by atoms with van der Waals surface area (Å²) in [7, 11) is -3.53. The molecule has 0 unspecified atom stereocenters. The van der Waals surface area contributed by atoms with Crippen molar-refractivity contribution < 1.29 is 13.2 Å². The minimum Gasteiger partial charge on any atom is -0.335 e. The highest BCUT2D eigenvalue weighted by atomic mass is 32.2. The van der Waals surface area contributed by atoms with Crippen LogP contribution in [0.25, 0.3) is 10.9 Å². The number of carbonyl (C=O) groups is 1. The third-order valence-corrected chi connectivity index (χ3v) is 6.16. The Kier molecular flexibility index (Phi) is 5.89. The van der Waals surface area contributed by atoms with Crippen molar-refractivity contribution in [2.75, 3.05) is 12.3 Å². The summed E-state index contributed by atoms with van der Waals surface area (Å²) in [5.74, 6) is -0.212. The molecule has 3 aromatic rings. The van der Waals surface area contributed by atoms with E-state index in [0.717, 1.165) is 0 Å². The van der Waals surface area contributed by atoms with E-state index in [2.05, 4.69) is 9.97 Å². The summed E-state index contributed by atoms with van der Waals surface area (Å²) < 4.78 is 24.7. The second kappa shape index (κ2) is 8.35. The molecule has 0 aliphatic carbocycles. The molecule has 146 valence electrons. The predicted molar refractivity (Wildman–Crippen MR) is 107 cm³/mol. The monoisotopic (exact) mass is 399 g/mol. The summed E-state index contributed by atoms with van der Waals surface area (Å²) in [6, 6.07) is 15.0. The van der Waals surface area contributed by atoms with Crippen molar-refractivity contribution in [1.82, 2.24) is 14.9 Å². The van der Waals surface area contributed by atoms with Crippen LogP contribution < -0.4 is 5.56 Å². The summed E-state index contributed by atoms with van der Waals surface area (Å²) in [5, 5.41) is 0.481. The molecular weight excluding hydrogens is 378 g/mol. The average Bonchev–Trinajstić information content (AvgIpc) is 2.71. The minimum atomic E-state index is -3.53. The third-order valence-electron chi connectivity index (χ3n) is 4.42. The molecule has 8 heteroatoms. The second-order valence-electron chi connectivity index (χ2n) is 6.32. The van der Waals surface area contributed by atoms with E-state index in [1.54, 1.807) is 49.4 Å². The largest absolute Gasteiger partial charge is 0.335 e. The van der Waals surface area contributed by atoms with Crippen LogP contribution in [0.3, 0.4) is 0 Å². The number of aromatic nitrogens is 2. The van der Waals surface area contributed by atoms with Gasteiger partial charge < -0.3 is 9.88 Å². The smallest absolute Gasteiger partial charge is 0.258 e. The van der Waals surface area contributed by atoms with E-state index in [1.807, 2.05) is 0 Å². The van der Waals surface area contributed by atoms with Crippen LogP contribution in [0.4, 0.5) is 0 Å². The van der Waals surface area contributed by atoms with Crippen molar-refractivity contribution in [2.45, 2.75) is 24.8 Å². The number of rotatable bonds is 7. The molecule has 0 radical (unpaired) electrons. The Labute approximate surface area is 163 Å². The Morgan fingerprint density at radius 3 is 2.46 bits per heavy atom. The highest BCUT2D eigenvalue weighted by Crippen LogP contribution is 2.13. The van der Waals surface area contributed by atoms with Gasteiger partial charge in [-0.05, 0) is 31.2 Å². The lowest BCUT2D eigenvalue weighted by Crippen LogP contribution is -2.33. The number of H-pyrrole nitrogens is 1. The maximum atomic E-state index is 12.5. The van der Waals surface area contributed by atoms with E-state index in [4.69, 9.17) is 0 Å². The molecule has 7 nitrogen and oxygen atoms in total. The quantitative estimate of drug-likeness (QED) is 0.656. The van der Waals surface area contributed by atoms with Gasteiger partial charge in [-0.1, -0.05) is 30.3 Å². The first-order valence-corrected chi connectivity index (χ1v) is 10.6. The van der Waals surface area contributed by atoms with Gasteiger partial charge in [0.1, 0.15) is 5.82 Å². The molecule has 0 fully saturated rings. The number of para-hydroxylation sites is 1. The fraction of sp³-hybridized carbons (Fsp3) is 0.250. The van der Waals surface area contributed by atoms with E-state index >= 15 is 0 Å². The Morgan fingerprint density at radius 2 is 1.75 bits per heavy atom. The lowest BCUT2D eigenvalue weighted by atomic mass is 10.2. The van der Waals surface area contributed by atoms with E-state index in [-0.39, 0.29) is 35.1 Å². The molecule has 1 amide bonds. The first-order chi connectivity index (χ1) is 13.4. The van der Waals surface area contributed by atoms with Crippen molar-refractivity contribution in [3.05, 3.63) is 70.8 Å². The van der Waals surface area contributed by atoms with Crippen LogP contribution in [0.1, 0.15) is 19.2 Å². The number of carbonyl (C=O) groups excluding carboxylic acids is 1. The van der Waals surface area contributed by atoms with Gasteiger partial charge in [0.15, 0.2) is 9.84 Å². The molecule has 0 saturated heterocycles. The van der Waals surface area contributed by atoms with Gasteiger partial charge in [0, 0.05) is 13.0 Å². The maximum absolute atomic E-state index is 12.5. The van der Waals surface area contributed by atoms with E-state index in [0.29, 0.717) is 23.3 Å². The van der Waals surface area contributed by atoms with Crippen LogP contribution in [-0.4, -0.2) is 41.5 Å². The molecule has 0 atom stereocenters. The standard InChI is InChI=1S/C20H21N3O4S/c1-2-23(14-18-21-17-11-7-6-10-16(17)20(25)22-18)19(24)12-13-28(26,27)15-8-4-3-5-9-15/h3-11H,2,12-14H2,1H3,(H,21,22,25). The normalized spacial score (nSPS) is 11.5. The summed E-state index contributed by atoms with van der Waals surface area (Å²) in [4.78, 5) is 33.5. The summed E-state index contributed by atoms with van der Waals surface area (Å²) in [6.45, 7) is 2.28. The van der Waals surface area contributed by atoms with Gasteiger partial charge >= 0.3 is 0 Å². The van der Waals surface area contributed by atoms with Crippen LogP contribution in [0.15, 0.2) is 64.3 Å². The Bertz CT molecular complexity index is 1140. The van der Waals surface area contributed by atoms with Gasteiger partial charge in [-0.15, -0.1) is 0 Å². The number of aromatic amines is 1. The third kappa shape index (κ3) is 4.45. The molecule has 1 aromatic heterocycles. The molecular formula is C20H21N3O4S. The van der Waals surface area contributed by atoms with E-state index in [1.165, 1.54) is 17.0 Å². The molecule has 0 saturated carbocycles. The van der Waals surface area contributed by atoms with Crippen LogP contribution in [-0.2, 0) is 21.2 Å². The zero-order valence-corrected chi connectivity index (χ0v) is 16.3. The SMILES string of the molecule is CCN(Cc1nc2ccccc2c(=O)[nH]1)C(=O)CCS(=O)(=O)c1ccccc1. The molecule has 0 bridgehead atoms. The zero-order chi connectivity index (χ0) is 20.1. The molecule has 2 aromatic carbocycles. The number of amides is 1. The highest BCUT2D eigenvalue weighted by molar-refractivity contribution is 7.91. The number of hydrogen-bond acceptors (Lipinski definition) is 5. The molecule has 1 N–H and O–H groups in total. The lowest BCUT2D eigenvalue weighted by Gasteiger charge is -2.20. The van der Waals surface area contributed by atoms with Crippen molar-refractivity contribution in [1.29, 1.82) is 0 Å². The molecule has 1 heterocycles. The fourth-order valence-electron chi connectivity index (χ4n) is 2.89. The topological polar surface area (TPSA) is 100 Å². The number of nitrogens with zero attached hydrogens (tertiary/aromatic N) is 2. The van der Waals surface area contributed by atoms with Crippen LogP contribution in [0, 0.1) is 0 Å². The summed E-state index contributed by atoms with van der Waals surface area (Å²) in [5.41, 5.74) is 0.284. The van der Waals surface area contributed by atoms with Gasteiger partial charge in [-0.3, -0.25) is 9.59 Å². The van der Waals surface area contributed by atoms with Gasteiger partial charge in [0.25, 0.3) is 5.56 Å². The number of nitrogens with one attached hydrogen (secondary N) is 1. The molecule has 3 rings (SSSR count). The maximum Gasteiger partial charge on any atom is 0.258 e. The number of benzene rings is 2. The molecule has 0 aliphatic rings. The molecule has 0 spiro atoms. The minimum absolute atomic E-state index is 0.112. The molecule has 28 heavy (non-hydrogen) atoms. The Balaban J connectivity index is 1.71. The van der Waals surface area contributed by atoms with Crippen LogP contribution in [0.2, 0.25) is 0 Å². The first kappa shape index (κ1) is 19.8. The van der Waals surface area contributed by atoms with E-state index < -0.39 is 9.84 Å². The molecule has 0 aliphatic heterocycles. The number of fused-ring (bicyclic) bond motifs is 1. The second-order valence-corrected chi connectivity index (χ2v) is 8.43. The van der Waals surface area contributed by atoms with Gasteiger partial charge in [-0.25, -0.2) is 13.4 Å². The van der Waals surface area contributed by atoms with Gasteiger partial charge in [0.2, 0.25) is 5.91 Å². The predicted octanol–water partition coefficient (Wildman–Crippen LogP) is 2.14. The lowest BCUT2D eigenvalue weighted by molar-refractivity contribution is -0.131. The van der Waals surface area contributed by atoms with Crippen molar-refractivity contribution in [2.24, 2.45) is 0 Å². The Hall–Kier alpha value is -3.00. The van der Waals surface area contributed by atoms with Gasteiger partial charge in [0.05, 0.1) is 28.1 Å². The number of sulfone groups is 1. The van der Waals surface area contributed by atoms with E-state index in [9.17, 15) is 18.0 Å². The van der Waals surface area contributed by atoms with Crippen molar-refractivity contribution in [3.63, 3.8) is 0 Å². The van der Waals surface area contributed by atoms with Gasteiger partial charge in [-0.2, -0.15) is 0 Å². The van der Waals surface area contributed by atoms with Crippen molar-refractivity contribution >= 4 is 26.6 Å². The number of hydrogen-bond donors (Lipinski definition) is 1. The summed E-state index contributed by atoms with van der Waals surface area (Å²) >= 11 is 0. The summed E-state index contributed by atoms with van der Waals surface area (Å²) in [6.07, 6.45) is -0.136. The zero-order valence-electron chi connectivity index (χ0n) is 15.5. The first-order valence-electron chi connectivity index (χ1n) is 8.94. The van der Waals surface area contributed by atoms with Crippen LogP contribution in [0.5, 0.6) is 0 Å². The highest BCUT2D eigenvalue weighted by Gasteiger charge is 2.20. The van der Waals surface area contributed by atoms with Crippen molar-refractivity contribution in [3.8, 4) is 0 Å². The van der Waals surface area contributed by atoms with Crippen LogP contribution >= 0.6 is 0 Å².